The minimum Gasteiger partial charge on any atom is -0.479 e. The van der Waals surface area contributed by atoms with Crippen LogP contribution in [0.2, 0.25) is 0 Å². The molecule has 0 spiro atoms. The summed E-state index contributed by atoms with van der Waals surface area (Å²) in [5, 5.41) is 3.26. The van der Waals surface area contributed by atoms with Crippen molar-refractivity contribution >= 4 is 11.5 Å². The first kappa shape index (κ1) is 14.8. The largest absolute Gasteiger partial charge is 0.479 e. The summed E-state index contributed by atoms with van der Waals surface area (Å²) < 4.78 is 10.8. The van der Waals surface area contributed by atoms with Gasteiger partial charge in [-0.3, -0.25) is 0 Å². The highest BCUT2D eigenvalue weighted by molar-refractivity contribution is 5.67. The molecule has 0 amide bonds. The van der Waals surface area contributed by atoms with Crippen molar-refractivity contribution < 1.29 is 9.47 Å². The van der Waals surface area contributed by atoms with E-state index in [-0.39, 0.29) is 11.5 Å². The Morgan fingerprint density at radius 2 is 2.15 bits per heavy atom. The minimum atomic E-state index is -0.165. The molecule has 3 N–H and O–H groups in total. The first-order valence-corrected chi connectivity index (χ1v) is 6.99. The van der Waals surface area contributed by atoms with E-state index < -0.39 is 0 Å². The van der Waals surface area contributed by atoms with Crippen LogP contribution < -0.4 is 15.8 Å². The van der Waals surface area contributed by atoms with Crippen LogP contribution in [0.1, 0.15) is 39.4 Å². The van der Waals surface area contributed by atoms with Gasteiger partial charge in [0.25, 0.3) is 0 Å². The summed E-state index contributed by atoms with van der Waals surface area (Å²) >= 11 is 0. The number of nitrogens with one attached hydrogen (secondary N) is 1. The molecule has 112 valence electrons. The average Bonchev–Trinajstić information content (AvgIpc) is 2.89. The molecule has 0 aromatic carbocycles. The molecule has 2 heterocycles. The van der Waals surface area contributed by atoms with Gasteiger partial charge in [-0.25, -0.2) is 4.98 Å². The monoisotopic (exact) mass is 280 g/mol. The van der Waals surface area contributed by atoms with Crippen LogP contribution >= 0.6 is 0 Å². The third-order valence-corrected chi connectivity index (χ3v) is 3.30. The molecule has 1 saturated heterocycles. The molecule has 20 heavy (non-hydrogen) atoms. The first-order chi connectivity index (χ1) is 9.41. The summed E-state index contributed by atoms with van der Waals surface area (Å²) in [6, 6.07) is 0. The lowest BCUT2D eigenvalue weighted by molar-refractivity contribution is 0.120. The molecule has 1 aromatic rings. The van der Waals surface area contributed by atoms with E-state index in [1.165, 1.54) is 0 Å². The molecule has 2 rings (SSSR count). The summed E-state index contributed by atoms with van der Waals surface area (Å²) in [6.45, 7) is 7.71. The highest BCUT2D eigenvalue weighted by atomic mass is 16.5. The standard InChI is InChI=1S/C14H24N4O2/c1-14(2,3)13-17-11(10(15)12(18-13)19-4)16-8-9-6-5-7-20-9/h9H,5-8,15H2,1-4H3,(H,16,17,18). The van der Waals surface area contributed by atoms with Gasteiger partial charge < -0.3 is 20.5 Å². The highest BCUT2D eigenvalue weighted by Gasteiger charge is 2.23. The number of methoxy groups -OCH3 is 1. The van der Waals surface area contributed by atoms with Crippen molar-refractivity contribution in [3.63, 3.8) is 0 Å². The molecular weight excluding hydrogens is 256 g/mol. The van der Waals surface area contributed by atoms with Gasteiger partial charge in [0.15, 0.2) is 5.82 Å². The summed E-state index contributed by atoms with van der Waals surface area (Å²) in [5.74, 6) is 1.75. The van der Waals surface area contributed by atoms with Gasteiger partial charge in [0.2, 0.25) is 5.88 Å². The number of hydrogen-bond donors (Lipinski definition) is 2. The van der Waals surface area contributed by atoms with Crippen molar-refractivity contribution in [3.05, 3.63) is 5.82 Å². The molecule has 1 atom stereocenters. The van der Waals surface area contributed by atoms with Crippen LogP contribution in [0, 0.1) is 0 Å². The predicted molar refractivity (Wildman–Crippen MR) is 79.2 cm³/mol. The minimum absolute atomic E-state index is 0.165. The SMILES string of the molecule is COc1nc(C(C)(C)C)nc(NCC2CCCO2)c1N. The molecular formula is C14H24N4O2. The molecule has 6 nitrogen and oxygen atoms in total. The van der Waals surface area contributed by atoms with Crippen molar-refractivity contribution in [3.8, 4) is 5.88 Å². The van der Waals surface area contributed by atoms with Crippen LogP contribution in [-0.2, 0) is 10.2 Å². The van der Waals surface area contributed by atoms with Crippen molar-refractivity contribution in [2.45, 2.75) is 45.1 Å². The van der Waals surface area contributed by atoms with Crippen LogP contribution in [-0.4, -0.2) is 36.3 Å². The van der Waals surface area contributed by atoms with Gasteiger partial charge in [-0.2, -0.15) is 4.98 Å². The second kappa shape index (κ2) is 5.83. The zero-order valence-electron chi connectivity index (χ0n) is 12.7. The summed E-state index contributed by atoms with van der Waals surface area (Å²) in [4.78, 5) is 8.90. The molecule has 6 heteroatoms. The van der Waals surface area contributed by atoms with Crippen molar-refractivity contribution in [1.29, 1.82) is 0 Å². The molecule has 1 aliphatic rings. The summed E-state index contributed by atoms with van der Waals surface area (Å²) in [5.41, 5.74) is 6.32. The zero-order valence-corrected chi connectivity index (χ0v) is 12.7. The molecule has 1 fully saturated rings. The van der Waals surface area contributed by atoms with E-state index in [2.05, 4.69) is 36.1 Å². The molecule has 1 aliphatic heterocycles. The molecule has 0 bridgehead atoms. The van der Waals surface area contributed by atoms with E-state index in [1.807, 2.05) is 0 Å². The van der Waals surface area contributed by atoms with Crippen LogP contribution in [0.5, 0.6) is 5.88 Å². The normalized spacial score (nSPS) is 19.1. The summed E-state index contributed by atoms with van der Waals surface area (Å²) in [6.07, 6.45) is 2.41. The second-order valence-electron chi connectivity index (χ2n) is 6.08. The number of ether oxygens (including phenoxy) is 2. The number of nitrogens with two attached hydrogens (primary N) is 1. The smallest absolute Gasteiger partial charge is 0.242 e. The lowest BCUT2D eigenvalue weighted by atomic mass is 9.96. The third kappa shape index (κ3) is 3.30. The van der Waals surface area contributed by atoms with E-state index in [9.17, 15) is 0 Å². The van der Waals surface area contributed by atoms with Gasteiger partial charge in [0.1, 0.15) is 11.5 Å². The van der Waals surface area contributed by atoms with Crippen LogP contribution in [0.25, 0.3) is 0 Å². The van der Waals surface area contributed by atoms with Crippen LogP contribution in [0.4, 0.5) is 11.5 Å². The van der Waals surface area contributed by atoms with E-state index in [0.717, 1.165) is 19.4 Å². The number of anilines is 2. The Bertz CT molecular complexity index is 465. The Morgan fingerprint density at radius 1 is 1.40 bits per heavy atom. The Morgan fingerprint density at radius 3 is 2.70 bits per heavy atom. The first-order valence-electron chi connectivity index (χ1n) is 6.99. The number of nitrogens with zero attached hydrogens (tertiary/aromatic N) is 2. The Labute approximate surface area is 120 Å². The van der Waals surface area contributed by atoms with Crippen LogP contribution in [0.3, 0.4) is 0 Å². The van der Waals surface area contributed by atoms with E-state index in [4.69, 9.17) is 15.2 Å². The van der Waals surface area contributed by atoms with Crippen molar-refractivity contribution in [1.82, 2.24) is 9.97 Å². The zero-order chi connectivity index (χ0) is 14.8. The number of nitrogen functional groups attached to an aromatic ring is 1. The fourth-order valence-electron chi connectivity index (χ4n) is 2.09. The maximum absolute atomic E-state index is 6.04. The van der Waals surface area contributed by atoms with Gasteiger partial charge in [-0.15, -0.1) is 0 Å². The second-order valence-corrected chi connectivity index (χ2v) is 6.08. The van der Waals surface area contributed by atoms with E-state index >= 15 is 0 Å². The Hall–Kier alpha value is -1.56. The van der Waals surface area contributed by atoms with Gasteiger partial charge in [0.05, 0.1) is 13.2 Å². The van der Waals surface area contributed by atoms with E-state index in [1.54, 1.807) is 7.11 Å². The Balaban J connectivity index is 2.21. The fourth-order valence-corrected chi connectivity index (χ4v) is 2.09. The topological polar surface area (TPSA) is 82.3 Å². The molecule has 1 aromatic heterocycles. The molecule has 0 saturated carbocycles. The van der Waals surface area contributed by atoms with Gasteiger partial charge in [0, 0.05) is 18.6 Å². The fraction of sp³-hybridized carbons (Fsp3) is 0.714. The van der Waals surface area contributed by atoms with Crippen molar-refractivity contribution in [2.24, 2.45) is 0 Å². The molecule has 1 unspecified atom stereocenters. The van der Waals surface area contributed by atoms with E-state index in [0.29, 0.717) is 29.8 Å². The molecule has 0 radical (unpaired) electrons. The van der Waals surface area contributed by atoms with Gasteiger partial charge in [-0.05, 0) is 12.8 Å². The third-order valence-electron chi connectivity index (χ3n) is 3.30. The van der Waals surface area contributed by atoms with Gasteiger partial charge >= 0.3 is 0 Å². The quantitative estimate of drug-likeness (QED) is 0.877. The molecule has 0 aliphatic carbocycles. The van der Waals surface area contributed by atoms with Crippen molar-refractivity contribution in [2.75, 3.05) is 31.3 Å². The number of aromatic nitrogens is 2. The highest BCUT2D eigenvalue weighted by Crippen LogP contribution is 2.30. The maximum Gasteiger partial charge on any atom is 0.242 e. The van der Waals surface area contributed by atoms with Crippen LogP contribution in [0.15, 0.2) is 0 Å². The maximum atomic E-state index is 6.04. The number of hydrogen-bond acceptors (Lipinski definition) is 6. The number of rotatable bonds is 4. The average molecular weight is 280 g/mol. The Kier molecular flexibility index (Phi) is 4.32. The predicted octanol–water partition coefficient (Wildman–Crippen LogP) is 1.96. The summed E-state index contributed by atoms with van der Waals surface area (Å²) in [7, 11) is 1.56. The van der Waals surface area contributed by atoms with Gasteiger partial charge in [-0.1, -0.05) is 20.8 Å². The lowest BCUT2D eigenvalue weighted by Crippen LogP contribution is -2.23. The lowest BCUT2D eigenvalue weighted by Gasteiger charge is -2.20.